The van der Waals surface area contributed by atoms with Crippen LogP contribution in [0.1, 0.15) is 40.2 Å². The molecule has 1 rings (SSSR count). The Balaban J connectivity index is 2.48. The van der Waals surface area contributed by atoms with Gasteiger partial charge in [0.1, 0.15) is 0 Å². The molecule has 1 aromatic heterocycles. The molecule has 0 N–H and O–H groups in total. The van der Waals surface area contributed by atoms with Crippen molar-refractivity contribution in [3.63, 3.8) is 0 Å². The summed E-state index contributed by atoms with van der Waals surface area (Å²) in [7, 11) is 4.38. The zero-order valence-corrected chi connectivity index (χ0v) is 13.4. The first kappa shape index (κ1) is 16.2. The number of rotatable bonds is 7. The van der Waals surface area contributed by atoms with Gasteiger partial charge >= 0.3 is 0 Å². The topological polar surface area (TPSA) is 36.3 Å². The molecule has 1 heterocycles. The van der Waals surface area contributed by atoms with E-state index in [-0.39, 0.29) is 11.2 Å². The molecular weight excluding hydrogens is 239 g/mol. The molecule has 0 saturated carbocycles. The van der Waals surface area contributed by atoms with Crippen LogP contribution in [0, 0.1) is 0 Å². The highest BCUT2D eigenvalue weighted by atomic mass is 16.5. The third-order valence-electron chi connectivity index (χ3n) is 4.03. The van der Waals surface area contributed by atoms with E-state index in [2.05, 4.69) is 45.9 Å². The first-order valence-corrected chi connectivity index (χ1v) is 6.84. The Bertz CT molecular complexity index is 402. The third-order valence-corrected chi connectivity index (χ3v) is 4.03. The number of methoxy groups -OCH3 is 1. The number of aryl methyl sites for hydroxylation is 1. The van der Waals surface area contributed by atoms with Gasteiger partial charge in [0.2, 0.25) is 0 Å². The summed E-state index contributed by atoms with van der Waals surface area (Å²) in [6.07, 6.45) is 4.96. The maximum atomic E-state index is 6.07. The quantitative estimate of drug-likeness (QED) is 0.711. The summed E-state index contributed by atoms with van der Waals surface area (Å²) < 4.78 is 13.4. The van der Waals surface area contributed by atoms with E-state index in [1.165, 1.54) is 5.56 Å². The molecular formula is C14H27BN2O2. The fourth-order valence-corrected chi connectivity index (χ4v) is 1.81. The maximum absolute atomic E-state index is 6.07. The molecule has 5 heteroatoms. The van der Waals surface area contributed by atoms with Crippen molar-refractivity contribution in [1.29, 1.82) is 0 Å². The monoisotopic (exact) mass is 266 g/mol. The lowest BCUT2D eigenvalue weighted by molar-refractivity contribution is -0.115. The summed E-state index contributed by atoms with van der Waals surface area (Å²) >= 11 is 0. The minimum absolute atomic E-state index is 0.305. The van der Waals surface area contributed by atoms with Crippen LogP contribution in [0.5, 0.6) is 0 Å². The van der Waals surface area contributed by atoms with Gasteiger partial charge in [0, 0.05) is 20.4 Å². The van der Waals surface area contributed by atoms with Gasteiger partial charge in [-0.3, -0.25) is 4.68 Å². The lowest BCUT2D eigenvalue weighted by atomic mass is 9.76. The second kappa shape index (κ2) is 6.10. The molecule has 1 atom stereocenters. The number of ether oxygens (including phenoxy) is 1. The zero-order valence-electron chi connectivity index (χ0n) is 13.4. The van der Waals surface area contributed by atoms with Gasteiger partial charge in [-0.2, -0.15) is 5.10 Å². The van der Waals surface area contributed by atoms with Crippen LogP contribution in [0.15, 0.2) is 12.4 Å². The first-order valence-electron chi connectivity index (χ1n) is 6.84. The van der Waals surface area contributed by atoms with Crippen molar-refractivity contribution in [2.45, 2.75) is 58.1 Å². The summed E-state index contributed by atoms with van der Waals surface area (Å²) in [6, 6.07) is 0. The summed E-state index contributed by atoms with van der Waals surface area (Å²) in [6.45, 7) is 10.5. The molecule has 1 unspecified atom stereocenters. The van der Waals surface area contributed by atoms with Crippen molar-refractivity contribution in [1.82, 2.24) is 9.78 Å². The summed E-state index contributed by atoms with van der Waals surface area (Å²) in [4.78, 5) is 0. The van der Waals surface area contributed by atoms with Crippen LogP contribution in [-0.4, -0.2) is 35.6 Å². The fourth-order valence-electron chi connectivity index (χ4n) is 1.81. The van der Waals surface area contributed by atoms with E-state index in [1.54, 1.807) is 7.11 Å². The van der Waals surface area contributed by atoms with E-state index < -0.39 is 0 Å². The molecule has 1 aromatic rings. The van der Waals surface area contributed by atoms with E-state index in [4.69, 9.17) is 9.39 Å². The Labute approximate surface area is 117 Å². The van der Waals surface area contributed by atoms with Crippen LogP contribution in [0.3, 0.4) is 0 Å². The Morgan fingerprint density at radius 2 is 1.95 bits per heavy atom. The van der Waals surface area contributed by atoms with Gasteiger partial charge in [0.15, 0.2) is 0 Å². The van der Waals surface area contributed by atoms with Crippen LogP contribution in [0.2, 0.25) is 5.82 Å². The number of hydrogen-bond acceptors (Lipinski definition) is 3. The molecule has 0 bridgehead atoms. The normalized spacial score (nSPS) is 14.5. The largest absolute Gasteiger partial charge is 0.432 e. The van der Waals surface area contributed by atoms with Gasteiger partial charge < -0.3 is 9.39 Å². The minimum Gasteiger partial charge on any atom is -0.432 e. The van der Waals surface area contributed by atoms with Gasteiger partial charge in [-0.05, 0) is 45.5 Å². The molecule has 108 valence electrons. The summed E-state index contributed by atoms with van der Waals surface area (Å²) in [5.41, 5.74) is 0.633. The fraction of sp³-hybridized carbons (Fsp3) is 0.786. The van der Waals surface area contributed by atoms with Crippen LogP contribution in [0.25, 0.3) is 0 Å². The molecule has 0 aliphatic carbocycles. The summed E-state index contributed by atoms with van der Waals surface area (Å²) in [5, 5.41) is 4.19. The molecule has 4 nitrogen and oxygen atoms in total. The number of nitrogens with zero attached hydrogens (tertiary/aromatic N) is 2. The van der Waals surface area contributed by atoms with Crippen LogP contribution >= 0.6 is 0 Å². The van der Waals surface area contributed by atoms with Gasteiger partial charge in [-0.25, -0.2) is 0 Å². The maximum Gasteiger partial charge on any atom is 0.279 e. The first-order chi connectivity index (χ1) is 8.68. The highest BCUT2D eigenvalue weighted by Crippen LogP contribution is 2.29. The van der Waals surface area contributed by atoms with Crippen molar-refractivity contribution in [2.24, 2.45) is 7.05 Å². The van der Waals surface area contributed by atoms with Gasteiger partial charge in [0.25, 0.3) is 7.48 Å². The Morgan fingerprint density at radius 3 is 2.42 bits per heavy atom. The van der Waals surface area contributed by atoms with Crippen molar-refractivity contribution in [3.8, 4) is 0 Å². The molecule has 0 amide bonds. The van der Waals surface area contributed by atoms with Crippen LogP contribution in [-0.2, 0) is 22.9 Å². The molecule has 0 radical (unpaired) electrons. The SMILES string of the molecule is COC(C)(C)C(C)(C)OBC(C)Cc1cnn(C)c1. The van der Waals surface area contributed by atoms with E-state index in [9.17, 15) is 0 Å². The van der Waals surface area contributed by atoms with Gasteiger partial charge in [-0.15, -0.1) is 0 Å². The lowest BCUT2D eigenvalue weighted by Gasteiger charge is -2.41. The van der Waals surface area contributed by atoms with E-state index in [0.29, 0.717) is 13.3 Å². The summed E-state index contributed by atoms with van der Waals surface area (Å²) in [5.74, 6) is 0.455. The Kier molecular flexibility index (Phi) is 5.22. The van der Waals surface area contributed by atoms with Crippen molar-refractivity contribution in [3.05, 3.63) is 18.0 Å². The van der Waals surface area contributed by atoms with Crippen LogP contribution in [0.4, 0.5) is 0 Å². The predicted molar refractivity (Wildman–Crippen MR) is 79.7 cm³/mol. The Hall–Kier alpha value is -0.805. The minimum atomic E-state index is -0.315. The zero-order chi connectivity index (χ0) is 14.7. The second-order valence-corrected chi connectivity index (χ2v) is 6.37. The molecule has 0 aliphatic rings. The second-order valence-electron chi connectivity index (χ2n) is 6.37. The van der Waals surface area contributed by atoms with E-state index >= 15 is 0 Å². The average Bonchev–Trinajstić information content (AvgIpc) is 2.72. The predicted octanol–water partition coefficient (Wildman–Crippen LogP) is 2.34. The van der Waals surface area contributed by atoms with Crippen molar-refractivity contribution in [2.75, 3.05) is 7.11 Å². The molecule has 0 aromatic carbocycles. The molecule has 0 spiro atoms. The number of hydrogen-bond donors (Lipinski definition) is 0. The van der Waals surface area contributed by atoms with Crippen molar-refractivity contribution < 1.29 is 9.39 Å². The van der Waals surface area contributed by atoms with Crippen molar-refractivity contribution >= 4 is 7.48 Å². The Morgan fingerprint density at radius 1 is 1.32 bits per heavy atom. The molecule has 0 aliphatic heterocycles. The standard InChI is InChI=1S/C14H27BN2O2/c1-11(8-12-9-16-17(6)10-12)15-19-14(4,5)13(2,3)18-7/h9-11,15H,8H2,1-7H3. The van der Waals surface area contributed by atoms with E-state index in [1.807, 2.05) is 17.9 Å². The molecule has 0 saturated heterocycles. The van der Waals surface area contributed by atoms with Gasteiger partial charge in [0.05, 0.1) is 17.4 Å². The highest BCUT2D eigenvalue weighted by molar-refractivity contribution is 6.29. The molecule has 0 fully saturated rings. The smallest absolute Gasteiger partial charge is 0.279 e. The van der Waals surface area contributed by atoms with E-state index in [0.717, 1.165) is 6.42 Å². The average molecular weight is 266 g/mol. The molecule has 19 heavy (non-hydrogen) atoms. The number of aromatic nitrogens is 2. The van der Waals surface area contributed by atoms with Crippen LogP contribution < -0.4 is 0 Å². The highest BCUT2D eigenvalue weighted by Gasteiger charge is 2.38. The third kappa shape index (κ3) is 4.35. The lowest BCUT2D eigenvalue weighted by Crippen LogP contribution is -2.49. The van der Waals surface area contributed by atoms with Gasteiger partial charge in [-0.1, -0.05) is 6.92 Å².